The molecule has 1 N–H and O–H groups in total. The van der Waals surface area contributed by atoms with Crippen molar-refractivity contribution in [1.82, 2.24) is 15.1 Å². The Labute approximate surface area is 116 Å². The lowest BCUT2D eigenvalue weighted by Crippen LogP contribution is -2.53. The molecule has 3 aliphatic rings. The molecule has 1 saturated carbocycles. The zero-order chi connectivity index (χ0) is 13.2. The van der Waals surface area contributed by atoms with Gasteiger partial charge in [0.15, 0.2) is 0 Å². The third-order valence-corrected chi connectivity index (χ3v) is 5.38. The number of nitrogens with one attached hydrogen (secondary N) is 1. The molecule has 0 aromatic heterocycles. The lowest BCUT2D eigenvalue weighted by molar-refractivity contribution is -0.139. The summed E-state index contributed by atoms with van der Waals surface area (Å²) in [6.07, 6.45) is 7.09. The van der Waals surface area contributed by atoms with Crippen molar-refractivity contribution < 1.29 is 4.79 Å². The van der Waals surface area contributed by atoms with E-state index < -0.39 is 0 Å². The SMILES string of the molecule is CNC1CCC(C(=O)N2CCN3CCCC3C2)CC1. The minimum atomic E-state index is 0.303. The van der Waals surface area contributed by atoms with Crippen molar-refractivity contribution in [2.45, 2.75) is 50.6 Å². The summed E-state index contributed by atoms with van der Waals surface area (Å²) in [4.78, 5) is 17.4. The quantitative estimate of drug-likeness (QED) is 0.811. The van der Waals surface area contributed by atoms with Crippen LogP contribution in [0.1, 0.15) is 38.5 Å². The average molecular weight is 265 g/mol. The van der Waals surface area contributed by atoms with Gasteiger partial charge in [0.1, 0.15) is 0 Å². The standard InChI is InChI=1S/C15H27N3O/c1-16-13-6-4-12(5-7-13)15(19)18-10-9-17-8-2-3-14(17)11-18/h12-14,16H,2-11H2,1H3. The fourth-order valence-corrected chi connectivity index (χ4v) is 4.08. The lowest BCUT2D eigenvalue weighted by Gasteiger charge is -2.40. The fourth-order valence-electron chi connectivity index (χ4n) is 4.08. The van der Waals surface area contributed by atoms with Crippen LogP contribution in [0.4, 0.5) is 0 Å². The van der Waals surface area contributed by atoms with Crippen LogP contribution >= 0.6 is 0 Å². The molecule has 0 aromatic rings. The van der Waals surface area contributed by atoms with Crippen molar-refractivity contribution in [2.24, 2.45) is 5.92 Å². The molecule has 3 rings (SSSR count). The van der Waals surface area contributed by atoms with E-state index >= 15 is 0 Å². The van der Waals surface area contributed by atoms with Crippen LogP contribution in [0.15, 0.2) is 0 Å². The van der Waals surface area contributed by atoms with Gasteiger partial charge in [0.2, 0.25) is 5.91 Å². The minimum Gasteiger partial charge on any atom is -0.340 e. The molecule has 0 aromatic carbocycles. The number of rotatable bonds is 2. The first-order valence-electron chi connectivity index (χ1n) is 7.98. The van der Waals surface area contributed by atoms with Crippen molar-refractivity contribution in [3.05, 3.63) is 0 Å². The molecule has 1 aliphatic carbocycles. The van der Waals surface area contributed by atoms with Crippen molar-refractivity contribution in [3.63, 3.8) is 0 Å². The first-order chi connectivity index (χ1) is 9.28. The second-order valence-electron chi connectivity index (χ2n) is 6.45. The lowest BCUT2D eigenvalue weighted by atomic mass is 9.85. The smallest absolute Gasteiger partial charge is 0.225 e. The Morgan fingerprint density at radius 3 is 2.58 bits per heavy atom. The predicted molar refractivity (Wildman–Crippen MR) is 76.0 cm³/mol. The van der Waals surface area contributed by atoms with Crippen LogP contribution in [0.5, 0.6) is 0 Å². The molecule has 1 atom stereocenters. The molecular formula is C15H27N3O. The highest BCUT2D eigenvalue weighted by Crippen LogP contribution is 2.28. The first-order valence-corrected chi connectivity index (χ1v) is 7.98. The van der Waals surface area contributed by atoms with Gasteiger partial charge in [0.25, 0.3) is 0 Å². The second-order valence-corrected chi connectivity index (χ2v) is 6.45. The van der Waals surface area contributed by atoms with E-state index in [1.807, 2.05) is 7.05 Å². The van der Waals surface area contributed by atoms with E-state index in [1.165, 1.54) is 19.4 Å². The molecule has 108 valence electrons. The predicted octanol–water partition coefficient (Wildman–Crippen LogP) is 1.07. The van der Waals surface area contributed by atoms with Crippen LogP contribution in [0.2, 0.25) is 0 Å². The van der Waals surface area contributed by atoms with Crippen molar-refractivity contribution in [3.8, 4) is 0 Å². The number of piperazine rings is 1. The number of hydrogen-bond donors (Lipinski definition) is 1. The highest BCUT2D eigenvalue weighted by molar-refractivity contribution is 5.79. The average Bonchev–Trinajstić information content (AvgIpc) is 2.94. The van der Waals surface area contributed by atoms with Crippen molar-refractivity contribution in [2.75, 3.05) is 33.2 Å². The molecule has 1 unspecified atom stereocenters. The summed E-state index contributed by atoms with van der Waals surface area (Å²) in [7, 11) is 2.03. The molecule has 19 heavy (non-hydrogen) atoms. The van der Waals surface area contributed by atoms with Gasteiger partial charge >= 0.3 is 0 Å². The van der Waals surface area contributed by atoms with E-state index in [0.717, 1.165) is 45.3 Å². The monoisotopic (exact) mass is 265 g/mol. The van der Waals surface area contributed by atoms with E-state index in [9.17, 15) is 4.79 Å². The van der Waals surface area contributed by atoms with Gasteiger partial charge in [-0.15, -0.1) is 0 Å². The summed E-state index contributed by atoms with van der Waals surface area (Å²) in [5.74, 6) is 0.749. The number of amides is 1. The zero-order valence-electron chi connectivity index (χ0n) is 12.1. The highest BCUT2D eigenvalue weighted by Gasteiger charge is 2.35. The molecule has 4 nitrogen and oxygen atoms in total. The van der Waals surface area contributed by atoms with E-state index in [2.05, 4.69) is 15.1 Å². The van der Waals surface area contributed by atoms with E-state index in [4.69, 9.17) is 0 Å². The van der Waals surface area contributed by atoms with Gasteiger partial charge in [-0.1, -0.05) is 0 Å². The van der Waals surface area contributed by atoms with Gasteiger partial charge in [-0.05, 0) is 52.1 Å². The normalized spacial score (nSPS) is 36.3. The molecule has 2 saturated heterocycles. The third kappa shape index (κ3) is 2.79. The maximum atomic E-state index is 12.6. The summed E-state index contributed by atoms with van der Waals surface area (Å²) in [6.45, 7) is 4.30. The molecule has 2 heterocycles. The van der Waals surface area contributed by atoms with Gasteiger partial charge in [-0.2, -0.15) is 0 Å². The minimum absolute atomic E-state index is 0.303. The van der Waals surface area contributed by atoms with Gasteiger partial charge < -0.3 is 10.2 Å². The summed E-state index contributed by atoms with van der Waals surface area (Å²) in [6, 6.07) is 1.29. The number of fused-ring (bicyclic) bond motifs is 1. The highest BCUT2D eigenvalue weighted by atomic mass is 16.2. The van der Waals surface area contributed by atoms with Crippen LogP contribution in [0, 0.1) is 5.92 Å². The maximum Gasteiger partial charge on any atom is 0.225 e. The Morgan fingerprint density at radius 2 is 1.84 bits per heavy atom. The van der Waals surface area contributed by atoms with Crippen LogP contribution in [-0.4, -0.2) is 61.0 Å². The van der Waals surface area contributed by atoms with Crippen molar-refractivity contribution in [1.29, 1.82) is 0 Å². The van der Waals surface area contributed by atoms with E-state index in [0.29, 0.717) is 23.9 Å². The molecular weight excluding hydrogens is 238 g/mol. The Balaban J connectivity index is 1.53. The van der Waals surface area contributed by atoms with Crippen LogP contribution in [0.25, 0.3) is 0 Å². The third-order valence-electron chi connectivity index (χ3n) is 5.38. The first kappa shape index (κ1) is 13.4. The zero-order valence-corrected chi connectivity index (χ0v) is 12.1. The Bertz CT molecular complexity index is 325. The molecule has 1 amide bonds. The van der Waals surface area contributed by atoms with E-state index in [1.54, 1.807) is 0 Å². The second kappa shape index (κ2) is 5.80. The molecule has 0 radical (unpaired) electrons. The number of carbonyl (C=O) groups excluding carboxylic acids is 1. The largest absolute Gasteiger partial charge is 0.340 e. The maximum absolute atomic E-state index is 12.6. The van der Waals surface area contributed by atoms with Gasteiger partial charge in [-0.25, -0.2) is 0 Å². The van der Waals surface area contributed by atoms with Gasteiger partial charge in [-0.3, -0.25) is 9.69 Å². The molecule has 0 bridgehead atoms. The number of nitrogens with zero attached hydrogens (tertiary/aromatic N) is 2. The Morgan fingerprint density at radius 1 is 1.05 bits per heavy atom. The summed E-state index contributed by atoms with van der Waals surface area (Å²) < 4.78 is 0. The van der Waals surface area contributed by atoms with Gasteiger partial charge in [0.05, 0.1) is 0 Å². The van der Waals surface area contributed by atoms with Gasteiger partial charge in [0, 0.05) is 37.6 Å². The van der Waals surface area contributed by atoms with Crippen LogP contribution < -0.4 is 5.32 Å². The Kier molecular flexibility index (Phi) is 4.08. The summed E-state index contributed by atoms with van der Waals surface area (Å²) >= 11 is 0. The molecule has 2 aliphatic heterocycles. The molecule has 4 heteroatoms. The topological polar surface area (TPSA) is 35.6 Å². The van der Waals surface area contributed by atoms with Crippen LogP contribution in [-0.2, 0) is 4.79 Å². The number of hydrogen-bond acceptors (Lipinski definition) is 3. The molecule has 0 spiro atoms. The van der Waals surface area contributed by atoms with Crippen LogP contribution in [0.3, 0.4) is 0 Å². The summed E-state index contributed by atoms with van der Waals surface area (Å²) in [5, 5.41) is 3.34. The Hall–Kier alpha value is -0.610. The fraction of sp³-hybridized carbons (Fsp3) is 0.933. The van der Waals surface area contributed by atoms with Crippen molar-refractivity contribution >= 4 is 5.91 Å². The molecule has 3 fully saturated rings. The number of carbonyl (C=O) groups is 1. The summed E-state index contributed by atoms with van der Waals surface area (Å²) in [5.41, 5.74) is 0. The van der Waals surface area contributed by atoms with E-state index in [-0.39, 0.29) is 0 Å².